The van der Waals surface area contributed by atoms with E-state index in [1.54, 1.807) is 6.07 Å². The van der Waals surface area contributed by atoms with Crippen molar-refractivity contribution in [1.82, 2.24) is 10.2 Å². The van der Waals surface area contributed by atoms with Gasteiger partial charge in [-0.25, -0.2) is 12.8 Å². The van der Waals surface area contributed by atoms with E-state index in [2.05, 4.69) is 5.32 Å². The second-order valence-electron chi connectivity index (χ2n) is 5.54. The monoisotopic (exact) mass is 345 g/mol. The number of benzene rings is 1. The van der Waals surface area contributed by atoms with Gasteiger partial charge in [0.05, 0.1) is 11.9 Å². The van der Waals surface area contributed by atoms with Crippen LogP contribution in [0.2, 0.25) is 0 Å². The summed E-state index contributed by atoms with van der Waals surface area (Å²) >= 11 is 0. The highest BCUT2D eigenvalue weighted by Crippen LogP contribution is 2.21. The third-order valence-electron chi connectivity index (χ3n) is 3.17. The number of hydrogen-bond donors (Lipinski definition) is 1. The normalized spacial score (nSPS) is 11.5. The van der Waals surface area contributed by atoms with E-state index < -0.39 is 15.8 Å². The highest BCUT2D eigenvalue weighted by Gasteiger charge is 2.20. The lowest BCUT2D eigenvalue weighted by molar-refractivity contribution is -0.121. The van der Waals surface area contributed by atoms with Crippen LogP contribution in [0.5, 0.6) is 0 Å². The van der Waals surface area contributed by atoms with Gasteiger partial charge in [0, 0.05) is 26.1 Å². The van der Waals surface area contributed by atoms with Gasteiger partial charge in [0.25, 0.3) is 0 Å². The molecule has 0 aromatic heterocycles. The molecule has 1 N–H and O–H groups in total. The fourth-order valence-electron chi connectivity index (χ4n) is 2.01. The summed E-state index contributed by atoms with van der Waals surface area (Å²) in [5.74, 6) is -0.748. The maximum atomic E-state index is 13.8. The molecule has 0 spiro atoms. The van der Waals surface area contributed by atoms with Crippen LogP contribution in [0.1, 0.15) is 12.8 Å². The summed E-state index contributed by atoms with van der Waals surface area (Å²) in [5.41, 5.74) is 0.00279. The minimum absolute atomic E-state index is 0.00279. The number of carbonyl (C=O) groups excluding carboxylic acids is 1. The Labute approximate surface area is 137 Å². The van der Waals surface area contributed by atoms with E-state index in [1.807, 2.05) is 19.0 Å². The molecule has 8 heteroatoms. The highest BCUT2D eigenvalue weighted by molar-refractivity contribution is 7.92. The zero-order valence-electron chi connectivity index (χ0n) is 13.8. The van der Waals surface area contributed by atoms with Gasteiger partial charge in [0.1, 0.15) is 5.82 Å². The molecule has 6 nitrogen and oxygen atoms in total. The molecule has 0 unspecified atom stereocenters. The first-order chi connectivity index (χ1) is 10.7. The van der Waals surface area contributed by atoms with E-state index in [1.165, 1.54) is 18.2 Å². The van der Waals surface area contributed by atoms with Crippen LogP contribution >= 0.6 is 0 Å². The largest absolute Gasteiger partial charge is 0.355 e. The van der Waals surface area contributed by atoms with E-state index in [-0.39, 0.29) is 24.6 Å². The number of sulfonamides is 1. The Morgan fingerprint density at radius 2 is 1.87 bits per heavy atom. The van der Waals surface area contributed by atoms with E-state index in [4.69, 9.17) is 0 Å². The minimum Gasteiger partial charge on any atom is -0.355 e. The molecule has 130 valence electrons. The highest BCUT2D eigenvalue weighted by atomic mass is 32.2. The first-order valence-electron chi connectivity index (χ1n) is 7.35. The lowest BCUT2D eigenvalue weighted by Gasteiger charge is -2.22. The lowest BCUT2D eigenvalue weighted by atomic mass is 10.2. The minimum atomic E-state index is -3.61. The van der Waals surface area contributed by atoms with Crippen molar-refractivity contribution in [2.24, 2.45) is 0 Å². The zero-order valence-corrected chi connectivity index (χ0v) is 14.6. The molecule has 0 aliphatic rings. The van der Waals surface area contributed by atoms with Crippen molar-refractivity contribution in [3.63, 3.8) is 0 Å². The van der Waals surface area contributed by atoms with Gasteiger partial charge >= 0.3 is 0 Å². The number of nitrogens with zero attached hydrogens (tertiary/aromatic N) is 2. The summed E-state index contributed by atoms with van der Waals surface area (Å²) < 4.78 is 38.5. The third-order valence-corrected chi connectivity index (χ3v) is 4.35. The number of para-hydroxylation sites is 1. The number of nitrogens with one attached hydrogen (secondary N) is 1. The summed E-state index contributed by atoms with van der Waals surface area (Å²) in [7, 11) is 0.203. The topological polar surface area (TPSA) is 69.7 Å². The first kappa shape index (κ1) is 19.4. The van der Waals surface area contributed by atoms with Crippen LogP contribution in [-0.4, -0.2) is 59.2 Å². The Balaban J connectivity index is 2.58. The van der Waals surface area contributed by atoms with Crippen LogP contribution in [-0.2, 0) is 14.8 Å². The van der Waals surface area contributed by atoms with Crippen LogP contribution < -0.4 is 9.62 Å². The summed E-state index contributed by atoms with van der Waals surface area (Å²) in [5, 5.41) is 2.75. The Morgan fingerprint density at radius 1 is 1.22 bits per heavy atom. The maximum Gasteiger partial charge on any atom is 0.232 e. The molecule has 0 bridgehead atoms. The number of hydrogen-bond acceptors (Lipinski definition) is 4. The lowest BCUT2D eigenvalue weighted by Crippen LogP contribution is -2.34. The predicted molar refractivity (Wildman–Crippen MR) is 89.4 cm³/mol. The van der Waals surface area contributed by atoms with E-state index in [9.17, 15) is 17.6 Å². The van der Waals surface area contributed by atoms with E-state index in [0.717, 1.165) is 17.1 Å². The third kappa shape index (κ3) is 6.96. The van der Waals surface area contributed by atoms with Crippen LogP contribution in [0.15, 0.2) is 24.3 Å². The number of halogens is 1. The van der Waals surface area contributed by atoms with Crippen LogP contribution in [0, 0.1) is 5.82 Å². The van der Waals surface area contributed by atoms with Gasteiger partial charge < -0.3 is 10.2 Å². The molecule has 0 radical (unpaired) electrons. The van der Waals surface area contributed by atoms with Gasteiger partial charge in [0.15, 0.2) is 0 Å². The molecular formula is C15H24FN3O3S. The first-order valence-corrected chi connectivity index (χ1v) is 9.20. The summed E-state index contributed by atoms with van der Waals surface area (Å²) in [4.78, 5) is 13.6. The van der Waals surface area contributed by atoms with Crippen molar-refractivity contribution in [1.29, 1.82) is 0 Å². The number of anilines is 1. The predicted octanol–water partition coefficient (Wildman–Crippen LogP) is 1.05. The number of carbonyl (C=O) groups is 1. The molecular weight excluding hydrogens is 321 g/mol. The average Bonchev–Trinajstić information content (AvgIpc) is 2.43. The van der Waals surface area contributed by atoms with Gasteiger partial charge in [-0.1, -0.05) is 12.1 Å². The number of amides is 1. The van der Waals surface area contributed by atoms with E-state index >= 15 is 0 Å². The van der Waals surface area contributed by atoms with Crippen molar-refractivity contribution in [3.8, 4) is 0 Å². The summed E-state index contributed by atoms with van der Waals surface area (Å²) in [6.45, 7) is 1.33. The van der Waals surface area contributed by atoms with Crippen molar-refractivity contribution < 1.29 is 17.6 Å². The molecule has 1 amide bonds. The molecule has 1 aromatic rings. The van der Waals surface area contributed by atoms with Crippen LogP contribution in [0.25, 0.3) is 0 Å². The van der Waals surface area contributed by atoms with Gasteiger partial charge in [-0.3, -0.25) is 9.10 Å². The second-order valence-corrected chi connectivity index (χ2v) is 7.45. The molecule has 0 fully saturated rings. The molecule has 0 atom stereocenters. The van der Waals surface area contributed by atoms with Crippen LogP contribution in [0.4, 0.5) is 10.1 Å². The van der Waals surface area contributed by atoms with Gasteiger partial charge in [0.2, 0.25) is 15.9 Å². The fraction of sp³-hybridized carbons (Fsp3) is 0.533. The number of rotatable bonds is 9. The van der Waals surface area contributed by atoms with Crippen molar-refractivity contribution in [3.05, 3.63) is 30.1 Å². The Kier molecular flexibility index (Phi) is 7.44. The summed E-state index contributed by atoms with van der Waals surface area (Å²) in [6, 6.07) is 5.69. The molecule has 1 aromatic carbocycles. The van der Waals surface area contributed by atoms with Gasteiger partial charge in [-0.15, -0.1) is 0 Å². The summed E-state index contributed by atoms with van der Waals surface area (Å²) in [6.07, 6.45) is 1.53. The van der Waals surface area contributed by atoms with Crippen molar-refractivity contribution >= 4 is 21.6 Å². The average molecular weight is 345 g/mol. The maximum absolute atomic E-state index is 13.8. The van der Waals surface area contributed by atoms with Crippen LogP contribution in [0.3, 0.4) is 0 Å². The van der Waals surface area contributed by atoms with Gasteiger partial charge in [-0.2, -0.15) is 0 Å². The Morgan fingerprint density at radius 3 is 2.43 bits per heavy atom. The standard InChI is InChI=1S/C15H24FN3O3S/c1-18(2)12-10-17-15(20)9-6-11-19(23(3,21)22)14-8-5-4-7-13(14)16/h4-5,7-8H,6,9-12H2,1-3H3,(H,17,20). The quantitative estimate of drug-likeness (QED) is 0.726. The second kappa shape index (κ2) is 8.83. The molecule has 1 rings (SSSR count). The Bertz CT molecular complexity index is 620. The van der Waals surface area contributed by atoms with Crippen molar-refractivity contribution in [2.75, 3.05) is 44.3 Å². The molecule has 0 heterocycles. The molecule has 0 saturated heterocycles. The molecule has 0 aliphatic heterocycles. The molecule has 23 heavy (non-hydrogen) atoms. The SMILES string of the molecule is CN(C)CCNC(=O)CCCN(c1ccccc1F)S(C)(=O)=O. The van der Waals surface area contributed by atoms with Crippen molar-refractivity contribution in [2.45, 2.75) is 12.8 Å². The molecule has 0 saturated carbocycles. The smallest absolute Gasteiger partial charge is 0.232 e. The fourth-order valence-corrected chi connectivity index (χ4v) is 2.98. The molecule has 0 aliphatic carbocycles. The number of likely N-dealkylation sites (N-methyl/N-ethyl adjacent to an activating group) is 1. The van der Waals surface area contributed by atoms with E-state index in [0.29, 0.717) is 13.0 Å². The zero-order chi connectivity index (χ0) is 17.5. The Hall–Kier alpha value is -1.67. The van der Waals surface area contributed by atoms with Gasteiger partial charge in [-0.05, 0) is 32.6 Å².